The Hall–Kier alpha value is -3.44. The number of unbranched alkanes of at least 4 members (excludes halogenated alkanes) is 15. The molecule has 0 radical (unpaired) electrons. The summed E-state index contributed by atoms with van der Waals surface area (Å²) in [6, 6.07) is 13.0. The highest BCUT2D eigenvalue weighted by atomic mass is 16.5. The number of aromatic nitrogens is 4. The molecule has 8 bridgehead atoms. The molecule has 3 aromatic heterocycles. The largest absolute Gasteiger partial charge is 0.377 e. The molecule has 0 spiro atoms. The Morgan fingerprint density at radius 3 is 1.50 bits per heavy atom. The predicted octanol–water partition coefficient (Wildman–Crippen LogP) is 12.9. The maximum atomic E-state index is 6.19. The number of aromatic amines is 2. The van der Waals surface area contributed by atoms with Gasteiger partial charge in [0.15, 0.2) is 0 Å². The van der Waals surface area contributed by atoms with Gasteiger partial charge in [0.25, 0.3) is 0 Å². The summed E-state index contributed by atoms with van der Waals surface area (Å²) in [5, 5.41) is 0. The van der Waals surface area contributed by atoms with E-state index in [1.54, 1.807) is 0 Å². The number of fused-ring (bicyclic) bond motifs is 8. The van der Waals surface area contributed by atoms with Gasteiger partial charge in [-0.05, 0) is 80.0 Å². The van der Waals surface area contributed by atoms with Crippen molar-refractivity contribution in [2.75, 3.05) is 7.11 Å². The molecule has 48 heavy (non-hydrogen) atoms. The molecule has 1 unspecified atom stereocenters. The third-order valence-electron chi connectivity index (χ3n) is 10.0. The molecule has 2 N–H and O–H groups in total. The third kappa shape index (κ3) is 10.5. The van der Waals surface area contributed by atoms with Crippen LogP contribution >= 0.6 is 0 Å². The van der Waals surface area contributed by atoms with Crippen molar-refractivity contribution in [3.05, 3.63) is 70.3 Å². The normalized spacial score (nSPS) is 13.1. The van der Waals surface area contributed by atoms with Crippen molar-refractivity contribution in [1.29, 1.82) is 0 Å². The Labute approximate surface area is 289 Å². The van der Waals surface area contributed by atoms with E-state index in [-0.39, 0.29) is 6.10 Å². The van der Waals surface area contributed by atoms with Crippen LogP contribution in [-0.2, 0) is 11.2 Å². The van der Waals surface area contributed by atoms with Gasteiger partial charge in [-0.15, -0.1) is 0 Å². The maximum Gasteiger partial charge on any atom is 0.0861 e. The quantitative estimate of drug-likeness (QED) is 0.0778. The van der Waals surface area contributed by atoms with Crippen LogP contribution in [0.1, 0.15) is 169 Å². The van der Waals surface area contributed by atoms with E-state index >= 15 is 0 Å². The van der Waals surface area contributed by atoms with E-state index in [1.807, 2.05) is 7.11 Å². The van der Waals surface area contributed by atoms with Crippen LogP contribution in [0.4, 0.5) is 0 Å². The summed E-state index contributed by atoms with van der Waals surface area (Å²) in [4.78, 5) is 17.6. The average Bonchev–Trinajstić information content (AvgIpc) is 3.92. The van der Waals surface area contributed by atoms with Crippen LogP contribution in [-0.4, -0.2) is 27.0 Å². The van der Waals surface area contributed by atoms with Gasteiger partial charge >= 0.3 is 0 Å². The topological polar surface area (TPSA) is 66.6 Å². The molecular weight excluding hydrogens is 589 g/mol. The van der Waals surface area contributed by atoms with Gasteiger partial charge in [0.2, 0.25) is 0 Å². The number of hydrogen-bond donors (Lipinski definition) is 2. The summed E-state index contributed by atoms with van der Waals surface area (Å²) in [5.41, 5.74) is 10.7. The molecule has 258 valence electrons. The molecule has 0 saturated carbocycles. The van der Waals surface area contributed by atoms with Crippen molar-refractivity contribution in [3.63, 3.8) is 0 Å². The molecule has 5 rings (SSSR count). The van der Waals surface area contributed by atoms with E-state index in [1.165, 1.54) is 114 Å². The number of nitrogens with zero attached hydrogens (tertiary/aromatic N) is 2. The molecule has 0 aromatic carbocycles. The number of nitrogens with one attached hydrogen (secondary N) is 2. The minimum atomic E-state index is -0.00695. The summed E-state index contributed by atoms with van der Waals surface area (Å²) in [6.07, 6.45) is 33.0. The monoisotopic (exact) mass is 648 g/mol. The zero-order valence-electron chi connectivity index (χ0n) is 30.1. The van der Waals surface area contributed by atoms with Crippen LogP contribution in [0.25, 0.3) is 46.4 Å². The number of ether oxygens (including phenoxy) is 1. The van der Waals surface area contributed by atoms with E-state index in [2.05, 4.69) is 84.5 Å². The number of hydrogen-bond acceptors (Lipinski definition) is 3. The SMILES string of the molecule is CCCCCCCCCCCc1c2nc(cc3ccc([nH]3)c(C(CCCCCCCCCC)OC)c3ccc(cc4nc1C=C4)[nH]3)C=C2. The Balaban J connectivity index is 1.40. The predicted molar refractivity (Wildman–Crippen MR) is 207 cm³/mol. The Bertz CT molecular complexity index is 1550. The number of methoxy groups -OCH3 is 1. The van der Waals surface area contributed by atoms with Crippen molar-refractivity contribution in [3.8, 4) is 0 Å². The second-order valence-corrected chi connectivity index (χ2v) is 13.9. The Kier molecular flexibility index (Phi) is 14.6. The zero-order valence-corrected chi connectivity index (χ0v) is 30.1. The summed E-state index contributed by atoms with van der Waals surface area (Å²) < 4.78 is 6.19. The van der Waals surface area contributed by atoms with Crippen molar-refractivity contribution in [2.24, 2.45) is 0 Å². The van der Waals surface area contributed by atoms with Crippen LogP contribution < -0.4 is 0 Å². The Morgan fingerprint density at radius 2 is 1.02 bits per heavy atom. The first kappa shape index (κ1) is 35.9. The third-order valence-corrected chi connectivity index (χ3v) is 10.0. The highest BCUT2D eigenvalue weighted by Gasteiger charge is 2.17. The van der Waals surface area contributed by atoms with Gasteiger partial charge in [-0.25, -0.2) is 9.97 Å². The summed E-state index contributed by atoms with van der Waals surface area (Å²) in [7, 11) is 1.85. The van der Waals surface area contributed by atoms with Crippen molar-refractivity contribution in [1.82, 2.24) is 19.9 Å². The fourth-order valence-corrected chi connectivity index (χ4v) is 7.21. The lowest BCUT2D eigenvalue weighted by molar-refractivity contribution is 0.0950. The highest BCUT2D eigenvalue weighted by molar-refractivity contribution is 5.80. The van der Waals surface area contributed by atoms with Crippen molar-refractivity contribution < 1.29 is 4.74 Å². The van der Waals surface area contributed by atoms with Gasteiger partial charge in [-0.3, -0.25) is 0 Å². The molecule has 2 aliphatic heterocycles. The standard InChI is InChI=1S/C43H60N4O/c1-4-6-8-10-12-14-15-17-19-21-37-38-27-23-33(44-38)31-35-25-29-40(46-35)43(42(48-3)22-20-18-16-13-11-9-7-5-2)41-30-26-36(47-41)32-34-24-28-39(37)45-34/h23-32,42,46-47H,4-22H2,1-3H3. The summed E-state index contributed by atoms with van der Waals surface area (Å²) >= 11 is 0. The molecule has 0 amide bonds. The molecule has 0 saturated heterocycles. The van der Waals surface area contributed by atoms with Gasteiger partial charge < -0.3 is 14.7 Å². The second-order valence-electron chi connectivity index (χ2n) is 13.9. The number of rotatable bonds is 21. The average molecular weight is 649 g/mol. The van der Waals surface area contributed by atoms with E-state index in [0.717, 1.165) is 64.1 Å². The minimum absolute atomic E-state index is 0.00695. The minimum Gasteiger partial charge on any atom is -0.377 e. The van der Waals surface area contributed by atoms with E-state index < -0.39 is 0 Å². The summed E-state index contributed by atoms with van der Waals surface area (Å²) in [6.45, 7) is 4.57. The fraction of sp³-hybridized carbons (Fsp3) is 0.535. The van der Waals surface area contributed by atoms with Gasteiger partial charge in [-0.2, -0.15) is 0 Å². The number of H-pyrrole nitrogens is 2. The van der Waals surface area contributed by atoms with E-state index in [9.17, 15) is 0 Å². The zero-order chi connectivity index (χ0) is 33.4. The molecular formula is C43H60N4O. The van der Waals surface area contributed by atoms with Crippen LogP contribution in [0.5, 0.6) is 0 Å². The first-order chi connectivity index (χ1) is 23.7. The molecule has 5 nitrogen and oxygen atoms in total. The summed E-state index contributed by atoms with van der Waals surface area (Å²) in [5.74, 6) is 0. The molecule has 0 aliphatic carbocycles. The molecule has 3 aromatic rings. The Morgan fingerprint density at radius 1 is 0.562 bits per heavy atom. The van der Waals surface area contributed by atoms with Gasteiger partial charge in [0.05, 0.1) is 28.9 Å². The lowest BCUT2D eigenvalue weighted by Crippen LogP contribution is -2.03. The first-order valence-corrected chi connectivity index (χ1v) is 19.3. The van der Waals surface area contributed by atoms with Gasteiger partial charge in [0.1, 0.15) is 0 Å². The van der Waals surface area contributed by atoms with Crippen LogP contribution in [0.15, 0.2) is 36.4 Å². The van der Waals surface area contributed by atoms with Crippen LogP contribution in [0.3, 0.4) is 0 Å². The van der Waals surface area contributed by atoms with Crippen molar-refractivity contribution >= 4 is 46.4 Å². The first-order valence-electron chi connectivity index (χ1n) is 19.3. The molecule has 5 heterocycles. The van der Waals surface area contributed by atoms with Crippen LogP contribution in [0.2, 0.25) is 0 Å². The lowest BCUT2D eigenvalue weighted by atomic mass is 10.0. The molecule has 0 fully saturated rings. The highest BCUT2D eigenvalue weighted by Crippen LogP contribution is 2.31. The van der Waals surface area contributed by atoms with Gasteiger partial charge in [-0.1, -0.05) is 117 Å². The molecule has 2 aliphatic rings. The van der Waals surface area contributed by atoms with Crippen molar-refractivity contribution in [2.45, 2.75) is 142 Å². The molecule has 1 atom stereocenters. The molecule has 5 heteroatoms. The smallest absolute Gasteiger partial charge is 0.0861 e. The van der Waals surface area contributed by atoms with Gasteiger partial charge in [0, 0.05) is 40.3 Å². The maximum absolute atomic E-state index is 6.19. The second kappa shape index (κ2) is 19.5. The fourth-order valence-electron chi connectivity index (χ4n) is 7.21. The lowest BCUT2D eigenvalue weighted by Gasteiger charge is -2.16. The van der Waals surface area contributed by atoms with E-state index in [4.69, 9.17) is 14.7 Å². The van der Waals surface area contributed by atoms with Crippen LogP contribution in [0, 0.1) is 0 Å². The van der Waals surface area contributed by atoms with E-state index in [0.29, 0.717) is 0 Å².